The van der Waals surface area contributed by atoms with Crippen molar-refractivity contribution in [1.29, 1.82) is 0 Å². The molecule has 0 heterocycles. The third-order valence-corrected chi connectivity index (χ3v) is 5.52. The average molecular weight is 373 g/mol. The summed E-state index contributed by atoms with van der Waals surface area (Å²) in [4.78, 5) is 14.8. The Labute approximate surface area is 167 Å². The second kappa shape index (κ2) is 9.03. The fourth-order valence-corrected chi connectivity index (χ4v) is 3.80. The van der Waals surface area contributed by atoms with E-state index in [0.717, 1.165) is 19.5 Å². The molecule has 0 saturated heterocycles. The highest BCUT2D eigenvalue weighted by molar-refractivity contribution is 5.85. The topological polar surface area (TPSA) is 32.3 Å². The minimum Gasteiger partial charge on any atom is -0.356 e. The Morgan fingerprint density at radius 2 is 1.68 bits per heavy atom. The largest absolute Gasteiger partial charge is 0.356 e. The van der Waals surface area contributed by atoms with Crippen molar-refractivity contribution in [3.63, 3.8) is 0 Å². The molecule has 4 rings (SSSR count). The molecule has 0 atom stereocenters. The summed E-state index contributed by atoms with van der Waals surface area (Å²) in [7, 11) is 0. The smallest absolute Gasteiger partial charge is 0.221 e. The standard InChI is InChI=1S/C25H28N2O/c28-25(26-17-15-20-7-2-1-3-8-20)16-18-27(23-13-14-23)19-22-11-6-10-21-9-4-5-12-24(21)22/h1-12,23H,13-19H2,(H,26,28). The molecule has 3 aromatic carbocycles. The molecule has 0 radical (unpaired) electrons. The van der Waals surface area contributed by atoms with Gasteiger partial charge in [-0.05, 0) is 41.2 Å². The van der Waals surface area contributed by atoms with Crippen LogP contribution in [0.1, 0.15) is 30.4 Å². The molecule has 144 valence electrons. The molecule has 3 nitrogen and oxygen atoms in total. The SMILES string of the molecule is O=C(CCN(Cc1cccc2ccccc12)C1CC1)NCCc1ccccc1. The lowest BCUT2D eigenvalue weighted by Crippen LogP contribution is -2.32. The van der Waals surface area contributed by atoms with Gasteiger partial charge >= 0.3 is 0 Å². The highest BCUT2D eigenvalue weighted by Gasteiger charge is 2.29. The molecule has 1 saturated carbocycles. The van der Waals surface area contributed by atoms with Crippen LogP contribution in [0, 0.1) is 0 Å². The lowest BCUT2D eigenvalue weighted by Gasteiger charge is -2.22. The van der Waals surface area contributed by atoms with Crippen molar-refractivity contribution in [2.75, 3.05) is 13.1 Å². The van der Waals surface area contributed by atoms with E-state index in [1.165, 1.54) is 34.7 Å². The summed E-state index contributed by atoms with van der Waals surface area (Å²) in [5.41, 5.74) is 2.62. The van der Waals surface area contributed by atoms with Crippen LogP contribution >= 0.6 is 0 Å². The van der Waals surface area contributed by atoms with Crippen molar-refractivity contribution >= 4 is 16.7 Å². The van der Waals surface area contributed by atoms with Crippen LogP contribution in [0.15, 0.2) is 72.8 Å². The maximum atomic E-state index is 12.3. The maximum Gasteiger partial charge on any atom is 0.221 e. The average Bonchev–Trinajstić information content (AvgIpc) is 3.57. The Bertz CT molecular complexity index is 913. The molecule has 1 aliphatic rings. The number of carbonyl (C=O) groups excluding carboxylic acids is 1. The monoisotopic (exact) mass is 372 g/mol. The van der Waals surface area contributed by atoms with E-state index in [1.807, 2.05) is 18.2 Å². The molecule has 1 N–H and O–H groups in total. The van der Waals surface area contributed by atoms with Gasteiger partial charge in [-0.2, -0.15) is 0 Å². The van der Waals surface area contributed by atoms with E-state index in [9.17, 15) is 4.79 Å². The summed E-state index contributed by atoms with van der Waals surface area (Å²) in [5, 5.41) is 5.68. The van der Waals surface area contributed by atoms with Gasteiger partial charge in [-0.25, -0.2) is 0 Å². The van der Waals surface area contributed by atoms with Crippen LogP contribution in [0.25, 0.3) is 10.8 Å². The zero-order valence-corrected chi connectivity index (χ0v) is 16.3. The van der Waals surface area contributed by atoms with Gasteiger partial charge in [0.1, 0.15) is 0 Å². The van der Waals surface area contributed by atoms with Crippen LogP contribution in [0.2, 0.25) is 0 Å². The zero-order valence-electron chi connectivity index (χ0n) is 16.3. The van der Waals surface area contributed by atoms with Crippen LogP contribution in [0.5, 0.6) is 0 Å². The number of benzene rings is 3. The summed E-state index contributed by atoms with van der Waals surface area (Å²) in [5.74, 6) is 0.152. The van der Waals surface area contributed by atoms with Crippen molar-refractivity contribution in [2.24, 2.45) is 0 Å². The highest BCUT2D eigenvalue weighted by Crippen LogP contribution is 2.30. The fourth-order valence-electron chi connectivity index (χ4n) is 3.80. The molecule has 0 bridgehead atoms. The molecule has 0 aromatic heterocycles. The lowest BCUT2D eigenvalue weighted by molar-refractivity contribution is -0.121. The molecule has 0 aliphatic heterocycles. The van der Waals surface area contributed by atoms with Gasteiger partial charge in [-0.3, -0.25) is 9.69 Å². The maximum absolute atomic E-state index is 12.3. The van der Waals surface area contributed by atoms with Crippen molar-refractivity contribution < 1.29 is 4.79 Å². The predicted octanol–water partition coefficient (Wildman–Crippen LogP) is 4.55. The number of rotatable bonds is 9. The van der Waals surface area contributed by atoms with Gasteiger partial charge in [-0.1, -0.05) is 72.8 Å². The lowest BCUT2D eigenvalue weighted by atomic mass is 10.0. The highest BCUT2D eigenvalue weighted by atomic mass is 16.1. The van der Waals surface area contributed by atoms with Crippen molar-refractivity contribution in [3.05, 3.63) is 83.9 Å². The van der Waals surface area contributed by atoms with E-state index in [4.69, 9.17) is 0 Å². The van der Waals surface area contributed by atoms with Crippen LogP contribution < -0.4 is 5.32 Å². The number of amides is 1. The molecule has 28 heavy (non-hydrogen) atoms. The summed E-state index contributed by atoms with van der Waals surface area (Å²) in [6.45, 7) is 2.45. The third-order valence-electron chi connectivity index (χ3n) is 5.52. The minimum absolute atomic E-state index is 0.152. The van der Waals surface area contributed by atoms with Crippen LogP contribution in [0.4, 0.5) is 0 Å². The van der Waals surface area contributed by atoms with Crippen molar-refractivity contribution in [1.82, 2.24) is 10.2 Å². The number of nitrogens with one attached hydrogen (secondary N) is 1. The predicted molar refractivity (Wildman–Crippen MR) is 115 cm³/mol. The van der Waals surface area contributed by atoms with E-state index in [-0.39, 0.29) is 5.91 Å². The molecule has 0 unspecified atom stereocenters. The fraction of sp³-hybridized carbons (Fsp3) is 0.320. The van der Waals surface area contributed by atoms with Gasteiger partial charge in [0.15, 0.2) is 0 Å². The van der Waals surface area contributed by atoms with Gasteiger partial charge < -0.3 is 5.32 Å². The number of fused-ring (bicyclic) bond motifs is 1. The van der Waals surface area contributed by atoms with Crippen LogP contribution in [0.3, 0.4) is 0 Å². The molecule has 1 amide bonds. The summed E-state index contributed by atoms with van der Waals surface area (Å²) in [6, 6.07) is 26.0. The molecular formula is C25H28N2O. The Balaban J connectivity index is 1.30. The van der Waals surface area contributed by atoms with E-state index in [0.29, 0.717) is 19.0 Å². The van der Waals surface area contributed by atoms with Crippen LogP contribution in [-0.2, 0) is 17.8 Å². The summed E-state index contributed by atoms with van der Waals surface area (Å²) < 4.78 is 0. The quantitative estimate of drug-likeness (QED) is 0.597. The molecule has 3 heteroatoms. The number of hydrogen-bond acceptors (Lipinski definition) is 2. The Morgan fingerprint density at radius 1 is 0.929 bits per heavy atom. The van der Waals surface area contributed by atoms with E-state index >= 15 is 0 Å². The first-order valence-electron chi connectivity index (χ1n) is 10.3. The zero-order chi connectivity index (χ0) is 19.2. The Hall–Kier alpha value is -2.65. The molecular weight excluding hydrogens is 344 g/mol. The van der Waals surface area contributed by atoms with Gasteiger partial charge in [0.2, 0.25) is 5.91 Å². The minimum atomic E-state index is 0.152. The van der Waals surface area contributed by atoms with Gasteiger partial charge in [0, 0.05) is 32.1 Å². The normalized spacial score (nSPS) is 13.8. The van der Waals surface area contributed by atoms with Crippen LogP contribution in [-0.4, -0.2) is 29.9 Å². The Morgan fingerprint density at radius 3 is 2.50 bits per heavy atom. The molecule has 1 fully saturated rings. The number of hydrogen-bond donors (Lipinski definition) is 1. The van der Waals surface area contributed by atoms with Crippen molar-refractivity contribution in [2.45, 2.75) is 38.3 Å². The number of nitrogens with zero attached hydrogens (tertiary/aromatic N) is 1. The number of carbonyl (C=O) groups is 1. The van der Waals surface area contributed by atoms with Gasteiger partial charge in [0.05, 0.1) is 0 Å². The van der Waals surface area contributed by atoms with E-state index < -0.39 is 0 Å². The molecule has 3 aromatic rings. The van der Waals surface area contributed by atoms with E-state index in [2.05, 4.69) is 64.8 Å². The summed E-state index contributed by atoms with van der Waals surface area (Å²) in [6.07, 6.45) is 3.95. The van der Waals surface area contributed by atoms with Crippen molar-refractivity contribution in [3.8, 4) is 0 Å². The second-order valence-electron chi connectivity index (χ2n) is 7.68. The van der Waals surface area contributed by atoms with Gasteiger partial charge in [0.25, 0.3) is 0 Å². The third kappa shape index (κ3) is 4.99. The first-order valence-corrected chi connectivity index (χ1v) is 10.3. The Kier molecular flexibility index (Phi) is 6.03. The second-order valence-corrected chi connectivity index (χ2v) is 7.68. The first kappa shape index (κ1) is 18.7. The van der Waals surface area contributed by atoms with Gasteiger partial charge in [-0.15, -0.1) is 0 Å². The molecule has 0 spiro atoms. The van der Waals surface area contributed by atoms with E-state index in [1.54, 1.807) is 0 Å². The first-order chi connectivity index (χ1) is 13.8. The summed E-state index contributed by atoms with van der Waals surface area (Å²) >= 11 is 0. The molecule has 1 aliphatic carbocycles.